The lowest BCUT2D eigenvalue weighted by atomic mass is 9.91. The molecule has 0 aliphatic rings. The van der Waals surface area contributed by atoms with Gasteiger partial charge in [0, 0.05) is 29.8 Å². The summed E-state index contributed by atoms with van der Waals surface area (Å²) in [5, 5.41) is 16.5. The van der Waals surface area contributed by atoms with Gasteiger partial charge in [0.05, 0.1) is 32.4 Å². The fraction of sp³-hybridized carbons (Fsp3) is 0.444. The predicted octanol–water partition coefficient (Wildman–Crippen LogP) is 5.19. The Bertz CT molecular complexity index is 1330. The third-order valence-corrected chi connectivity index (χ3v) is 6.01. The summed E-state index contributed by atoms with van der Waals surface area (Å²) in [5.74, 6) is -1.77. The molecule has 0 bridgehead atoms. The topological polar surface area (TPSA) is 124 Å². The second kappa shape index (κ2) is 12.0. The molecule has 0 spiro atoms. The maximum Gasteiger partial charge on any atom is 0.411 e. The van der Waals surface area contributed by atoms with Crippen LogP contribution in [-0.2, 0) is 15.4 Å². The van der Waals surface area contributed by atoms with Crippen molar-refractivity contribution in [2.24, 2.45) is 0 Å². The van der Waals surface area contributed by atoms with E-state index in [1.165, 1.54) is 26.4 Å². The Hall–Kier alpha value is -3.77. The van der Waals surface area contributed by atoms with Crippen LogP contribution in [0.4, 0.5) is 25.1 Å². The highest BCUT2D eigenvalue weighted by Crippen LogP contribution is 2.41. The van der Waals surface area contributed by atoms with Crippen LogP contribution in [0, 0.1) is 6.92 Å². The molecule has 0 aliphatic carbocycles. The van der Waals surface area contributed by atoms with E-state index in [0.29, 0.717) is 52.8 Å². The molecule has 3 rings (SSSR count). The summed E-state index contributed by atoms with van der Waals surface area (Å²) in [7, 11) is 4.26. The van der Waals surface area contributed by atoms with Crippen molar-refractivity contribution in [3.05, 3.63) is 47.3 Å². The highest BCUT2D eigenvalue weighted by molar-refractivity contribution is 5.92. The van der Waals surface area contributed by atoms with E-state index in [4.69, 9.17) is 14.2 Å². The van der Waals surface area contributed by atoms with Crippen LogP contribution in [0.5, 0.6) is 11.5 Å². The molecular formula is C27H34F2N4O6. The monoisotopic (exact) mass is 548 g/mol. The number of carbonyl (C=O) groups excluding carboxylic acids is 1. The van der Waals surface area contributed by atoms with Gasteiger partial charge in [0.1, 0.15) is 23.9 Å². The van der Waals surface area contributed by atoms with Crippen LogP contribution in [0.25, 0.3) is 10.9 Å². The van der Waals surface area contributed by atoms with Crippen LogP contribution >= 0.6 is 0 Å². The molecule has 1 atom stereocenters. The highest BCUT2D eigenvalue weighted by Gasteiger charge is 2.47. The zero-order valence-corrected chi connectivity index (χ0v) is 23.0. The lowest BCUT2D eigenvalue weighted by molar-refractivity contribution is -0.168. The molecule has 10 nitrogen and oxygen atoms in total. The quantitative estimate of drug-likeness (QED) is 0.278. The minimum absolute atomic E-state index is 0.0780. The smallest absolute Gasteiger partial charge is 0.411 e. The van der Waals surface area contributed by atoms with Crippen molar-refractivity contribution in [2.75, 3.05) is 45.2 Å². The number of anilines is 2. The number of nitrogens with one attached hydrogen (secondary N) is 2. The minimum atomic E-state index is -3.63. The fourth-order valence-corrected chi connectivity index (χ4v) is 3.84. The number of methoxy groups -OCH3 is 3. The molecule has 1 amide bonds. The molecule has 12 heteroatoms. The number of rotatable bonds is 11. The Morgan fingerprint density at radius 1 is 1.05 bits per heavy atom. The second-order valence-corrected chi connectivity index (χ2v) is 9.44. The molecule has 1 heterocycles. The number of benzene rings is 2. The van der Waals surface area contributed by atoms with Crippen molar-refractivity contribution in [3.8, 4) is 11.5 Å². The van der Waals surface area contributed by atoms with Crippen molar-refractivity contribution in [3.63, 3.8) is 0 Å². The molecule has 1 unspecified atom stereocenters. The molecule has 2 aromatic carbocycles. The molecule has 0 fully saturated rings. The molecule has 0 saturated heterocycles. The Kier molecular flexibility index (Phi) is 9.13. The number of hydrogen-bond acceptors (Lipinski definition) is 9. The lowest BCUT2D eigenvalue weighted by Gasteiger charge is -2.30. The maximum absolute atomic E-state index is 15.2. The van der Waals surface area contributed by atoms with Gasteiger partial charge in [-0.25, -0.2) is 14.8 Å². The largest absolute Gasteiger partial charge is 0.493 e. The van der Waals surface area contributed by atoms with Gasteiger partial charge in [0.15, 0.2) is 11.5 Å². The molecule has 0 radical (unpaired) electrons. The zero-order valence-electron chi connectivity index (χ0n) is 23.0. The number of aryl methyl sites for hydroxylation is 1. The average molecular weight is 549 g/mol. The van der Waals surface area contributed by atoms with Crippen LogP contribution < -0.4 is 20.1 Å². The number of aromatic nitrogens is 2. The molecule has 1 aromatic heterocycles. The van der Waals surface area contributed by atoms with Gasteiger partial charge >= 0.3 is 12.0 Å². The summed E-state index contributed by atoms with van der Waals surface area (Å²) in [6.07, 6.45) is -0.822. The lowest BCUT2D eigenvalue weighted by Crippen LogP contribution is -2.40. The van der Waals surface area contributed by atoms with Crippen LogP contribution in [-0.4, -0.2) is 61.3 Å². The molecule has 39 heavy (non-hydrogen) atoms. The summed E-state index contributed by atoms with van der Waals surface area (Å²) >= 11 is 0. The predicted molar refractivity (Wildman–Crippen MR) is 143 cm³/mol. The Balaban J connectivity index is 2.07. The van der Waals surface area contributed by atoms with Crippen molar-refractivity contribution in [2.45, 2.75) is 45.3 Å². The number of amides is 1. The molecular weight excluding hydrogens is 514 g/mol. The maximum atomic E-state index is 15.2. The summed E-state index contributed by atoms with van der Waals surface area (Å²) in [5.41, 5.74) is -1.77. The standard InChI is InChI=1S/C27H34F2N4O6/c1-15(17-10-18(27(28,29)26(3,4)35)12-19(11-17)33-25(34)38-7)30-24-20-13-23(39-9-8-36-5)22(37-6)14-21(20)31-16(2)32-24/h10-15,35H,8-9H2,1-7H3,(H,33,34)(H,30,31,32). The number of ether oxygens (including phenoxy) is 4. The van der Waals surface area contributed by atoms with E-state index >= 15 is 8.78 Å². The van der Waals surface area contributed by atoms with E-state index in [-0.39, 0.29) is 5.69 Å². The number of carbonyl (C=O) groups is 1. The Labute approximate surface area is 225 Å². The van der Waals surface area contributed by atoms with Gasteiger partial charge in [-0.05, 0) is 57.5 Å². The SMILES string of the molecule is COCCOc1cc2c(NC(C)c3cc(NC(=O)OC)cc(C(F)(F)C(C)(C)O)c3)nc(C)nc2cc1OC. The van der Waals surface area contributed by atoms with Crippen molar-refractivity contribution in [1.82, 2.24) is 9.97 Å². The zero-order chi connectivity index (χ0) is 29.0. The van der Waals surface area contributed by atoms with E-state index < -0.39 is 29.2 Å². The van der Waals surface area contributed by atoms with Gasteiger partial charge in [0.2, 0.25) is 0 Å². The first-order chi connectivity index (χ1) is 18.3. The highest BCUT2D eigenvalue weighted by atomic mass is 19.3. The van der Waals surface area contributed by atoms with E-state index in [1.54, 1.807) is 33.1 Å². The van der Waals surface area contributed by atoms with E-state index in [1.807, 2.05) is 0 Å². The van der Waals surface area contributed by atoms with Gasteiger partial charge in [-0.15, -0.1) is 0 Å². The first-order valence-corrected chi connectivity index (χ1v) is 12.2. The first kappa shape index (κ1) is 29.8. The number of hydrogen-bond donors (Lipinski definition) is 3. The van der Waals surface area contributed by atoms with Crippen molar-refractivity contribution in [1.29, 1.82) is 0 Å². The molecule has 3 aromatic rings. The normalized spacial score (nSPS) is 12.7. The van der Waals surface area contributed by atoms with Gasteiger partial charge in [-0.1, -0.05) is 0 Å². The summed E-state index contributed by atoms with van der Waals surface area (Å²) in [6, 6.07) is 6.81. The van der Waals surface area contributed by atoms with E-state index in [0.717, 1.165) is 19.9 Å². The number of aliphatic hydroxyl groups is 1. The Morgan fingerprint density at radius 3 is 2.38 bits per heavy atom. The van der Waals surface area contributed by atoms with Crippen molar-refractivity contribution >= 4 is 28.5 Å². The number of nitrogens with zero attached hydrogens (tertiary/aromatic N) is 2. The fourth-order valence-electron chi connectivity index (χ4n) is 3.84. The van der Waals surface area contributed by atoms with Gasteiger partial charge in [-0.3, -0.25) is 5.32 Å². The van der Waals surface area contributed by atoms with Crippen molar-refractivity contribution < 1.29 is 37.6 Å². The molecule has 0 aliphatic heterocycles. The summed E-state index contributed by atoms with van der Waals surface area (Å²) in [6.45, 7) is 6.19. The molecule has 212 valence electrons. The number of halogens is 2. The second-order valence-electron chi connectivity index (χ2n) is 9.44. The number of fused-ring (bicyclic) bond motifs is 1. The molecule has 3 N–H and O–H groups in total. The van der Waals surface area contributed by atoms with Gasteiger partial charge < -0.3 is 29.4 Å². The molecule has 0 saturated carbocycles. The van der Waals surface area contributed by atoms with Crippen LogP contribution in [0.2, 0.25) is 0 Å². The van der Waals surface area contributed by atoms with Crippen LogP contribution in [0.3, 0.4) is 0 Å². The Morgan fingerprint density at radius 2 is 1.77 bits per heavy atom. The van der Waals surface area contributed by atoms with Gasteiger partial charge in [-0.2, -0.15) is 8.78 Å². The minimum Gasteiger partial charge on any atom is -0.493 e. The van der Waals surface area contributed by atoms with E-state index in [2.05, 4.69) is 25.3 Å². The third-order valence-electron chi connectivity index (χ3n) is 6.01. The van der Waals surface area contributed by atoms with Crippen LogP contribution in [0.15, 0.2) is 30.3 Å². The number of alkyl halides is 2. The van der Waals surface area contributed by atoms with Crippen LogP contribution in [0.1, 0.15) is 43.8 Å². The summed E-state index contributed by atoms with van der Waals surface area (Å²) in [4.78, 5) is 20.9. The van der Waals surface area contributed by atoms with E-state index in [9.17, 15) is 9.90 Å². The average Bonchev–Trinajstić information content (AvgIpc) is 2.87. The van der Waals surface area contributed by atoms with Gasteiger partial charge in [0.25, 0.3) is 0 Å². The summed E-state index contributed by atoms with van der Waals surface area (Å²) < 4.78 is 51.3. The third kappa shape index (κ3) is 6.82. The first-order valence-electron chi connectivity index (χ1n) is 12.2.